The second-order valence-corrected chi connectivity index (χ2v) is 8.04. The van der Waals surface area contributed by atoms with Crippen molar-refractivity contribution in [3.8, 4) is 11.1 Å². The van der Waals surface area contributed by atoms with Crippen LogP contribution in [0.1, 0.15) is 10.4 Å². The monoisotopic (exact) mass is 428 g/mol. The maximum Gasteiger partial charge on any atom is 0.263 e. The zero-order chi connectivity index (χ0) is 21.6. The van der Waals surface area contributed by atoms with E-state index < -0.39 is 5.91 Å². The number of carbonyl (C=O) groups is 1. The van der Waals surface area contributed by atoms with Crippen LogP contribution in [-0.4, -0.2) is 21.7 Å². The van der Waals surface area contributed by atoms with Crippen molar-refractivity contribution in [2.75, 3.05) is 0 Å². The van der Waals surface area contributed by atoms with Gasteiger partial charge < -0.3 is 0 Å². The summed E-state index contributed by atoms with van der Waals surface area (Å²) in [4.78, 5) is 31.4. The highest BCUT2D eigenvalue weighted by Crippen LogP contribution is 2.35. The maximum absolute atomic E-state index is 13.1. The molecular weight excluding hydrogens is 408 g/mol. The molecule has 0 aliphatic carbocycles. The molecule has 0 bridgehead atoms. The average Bonchev–Trinajstić information content (AvgIpc) is 3.13. The third kappa shape index (κ3) is 4.67. The summed E-state index contributed by atoms with van der Waals surface area (Å²) < 4.78 is 1.31. The topological polar surface area (TPSA) is 76.3 Å². The van der Waals surface area contributed by atoms with Crippen LogP contribution in [-0.2, 0) is 11.3 Å². The van der Waals surface area contributed by atoms with Crippen LogP contribution < -0.4 is 11.0 Å². The van der Waals surface area contributed by atoms with Crippen molar-refractivity contribution in [3.05, 3.63) is 93.9 Å². The number of hydrogen-bond donors (Lipinski definition) is 1. The lowest BCUT2D eigenvalue weighted by molar-refractivity contribution is -0.121. The van der Waals surface area contributed by atoms with Crippen molar-refractivity contribution in [3.63, 3.8) is 0 Å². The molecule has 0 aliphatic rings. The molecule has 31 heavy (non-hydrogen) atoms. The van der Waals surface area contributed by atoms with Gasteiger partial charge in [-0.05, 0) is 24.1 Å². The maximum atomic E-state index is 13.1. The molecule has 2 aromatic heterocycles. The molecule has 0 fully saturated rings. The normalized spacial score (nSPS) is 11.5. The zero-order valence-electron chi connectivity index (χ0n) is 16.9. The van der Waals surface area contributed by atoms with Gasteiger partial charge in [0.25, 0.3) is 11.5 Å². The Morgan fingerprint density at radius 3 is 2.58 bits per heavy atom. The summed E-state index contributed by atoms with van der Waals surface area (Å²) in [7, 11) is 0. The molecule has 0 spiro atoms. The van der Waals surface area contributed by atoms with Gasteiger partial charge in [0.2, 0.25) is 0 Å². The summed E-state index contributed by atoms with van der Waals surface area (Å²) >= 11 is 1.48. The lowest BCUT2D eigenvalue weighted by Gasteiger charge is -2.05. The van der Waals surface area contributed by atoms with Gasteiger partial charge in [-0.2, -0.15) is 5.10 Å². The van der Waals surface area contributed by atoms with Crippen molar-refractivity contribution < 1.29 is 4.79 Å². The van der Waals surface area contributed by atoms with Crippen molar-refractivity contribution in [1.82, 2.24) is 15.0 Å². The second-order valence-electron chi connectivity index (χ2n) is 6.84. The first-order valence-electron chi connectivity index (χ1n) is 9.71. The highest BCUT2D eigenvalue weighted by molar-refractivity contribution is 7.19. The minimum absolute atomic E-state index is 0.162. The zero-order valence-corrected chi connectivity index (χ0v) is 17.7. The molecule has 1 N–H and O–H groups in total. The summed E-state index contributed by atoms with van der Waals surface area (Å²) in [6.45, 7) is 1.81. The molecule has 2 aromatic carbocycles. The molecule has 0 saturated carbocycles. The molecule has 0 saturated heterocycles. The standard InChI is InChI=1S/C24H20N4O2S/c1-17-21(19-12-6-3-7-13-19)22-23(31-17)25-16-28(24(22)30)15-20(29)27-26-14-8-11-18-9-4-2-5-10-18/h2-14,16H,15H2,1H3,(H,27,29). The number of rotatable bonds is 6. The van der Waals surface area contributed by atoms with E-state index in [1.165, 1.54) is 28.4 Å². The van der Waals surface area contributed by atoms with Crippen LogP contribution in [0.5, 0.6) is 0 Å². The largest absolute Gasteiger partial charge is 0.289 e. The number of aryl methyl sites for hydroxylation is 1. The summed E-state index contributed by atoms with van der Waals surface area (Å²) in [6.07, 6.45) is 6.51. The number of benzene rings is 2. The van der Waals surface area contributed by atoms with Crippen molar-refractivity contribution in [2.45, 2.75) is 13.5 Å². The molecule has 0 radical (unpaired) electrons. The molecule has 154 valence electrons. The highest BCUT2D eigenvalue weighted by Gasteiger charge is 2.17. The molecular formula is C24H20N4O2S. The van der Waals surface area contributed by atoms with E-state index >= 15 is 0 Å². The Labute approximate surface area is 183 Å². The van der Waals surface area contributed by atoms with Crippen LogP contribution in [0.15, 0.2) is 83.0 Å². The molecule has 0 aliphatic heterocycles. The van der Waals surface area contributed by atoms with Crippen LogP contribution >= 0.6 is 11.3 Å². The van der Waals surface area contributed by atoms with Gasteiger partial charge in [0.15, 0.2) is 0 Å². The number of amides is 1. The van der Waals surface area contributed by atoms with E-state index in [1.54, 1.807) is 6.08 Å². The summed E-state index contributed by atoms with van der Waals surface area (Å²) in [5, 5.41) is 4.44. The van der Waals surface area contributed by atoms with E-state index in [2.05, 4.69) is 15.5 Å². The quantitative estimate of drug-likeness (QED) is 0.368. The molecule has 0 unspecified atom stereocenters. The predicted molar refractivity (Wildman–Crippen MR) is 126 cm³/mol. The fourth-order valence-electron chi connectivity index (χ4n) is 3.26. The first kappa shape index (κ1) is 20.4. The summed E-state index contributed by atoms with van der Waals surface area (Å²) in [5.74, 6) is -0.402. The number of nitrogens with one attached hydrogen (secondary N) is 1. The smallest absolute Gasteiger partial charge is 0.263 e. The van der Waals surface area contributed by atoms with Gasteiger partial charge in [-0.15, -0.1) is 11.3 Å². The first-order chi connectivity index (χ1) is 15.1. The molecule has 6 nitrogen and oxygen atoms in total. The Morgan fingerprint density at radius 2 is 1.84 bits per heavy atom. The number of hydrogen-bond acceptors (Lipinski definition) is 5. The summed E-state index contributed by atoms with van der Waals surface area (Å²) in [5.41, 5.74) is 5.07. The van der Waals surface area contributed by atoms with Gasteiger partial charge in [-0.25, -0.2) is 10.4 Å². The van der Waals surface area contributed by atoms with E-state index in [0.29, 0.717) is 10.2 Å². The van der Waals surface area contributed by atoms with Crippen LogP contribution in [0.2, 0.25) is 0 Å². The van der Waals surface area contributed by atoms with E-state index in [9.17, 15) is 9.59 Å². The first-order valence-corrected chi connectivity index (χ1v) is 10.5. The van der Waals surface area contributed by atoms with Crippen molar-refractivity contribution in [1.29, 1.82) is 0 Å². The molecule has 4 rings (SSSR count). The van der Waals surface area contributed by atoms with Gasteiger partial charge in [-0.1, -0.05) is 66.7 Å². The number of carbonyl (C=O) groups excluding carboxylic acids is 1. The third-order valence-corrected chi connectivity index (χ3v) is 5.68. The fraction of sp³-hybridized carbons (Fsp3) is 0.0833. The molecule has 2 heterocycles. The minimum atomic E-state index is -0.402. The molecule has 4 aromatic rings. The third-order valence-electron chi connectivity index (χ3n) is 4.67. The van der Waals surface area contributed by atoms with Crippen LogP contribution in [0.25, 0.3) is 27.4 Å². The average molecular weight is 429 g/mol. The fourth-order valence-corrected chi connectivity index (χ4v) is 4.27. The van der Waals surface area contributed by atoms with Gasteiger partial charge in [0, 0.05) is 16.7 Å². The number of fused-ring (bicyclic) bond motifs is 1. The minimum Gasteiger partial charge on any atom is -0.289 e. The molecule has 7 heteroatoms. The summed E-state index contributed by atoms with van der Waals surface area (Å²) in [6, 6.07) is 19.5. The van der Waals surface area contributed by atoms with Crippen molar-refractivity contribution >= 4 is 39.8 Å². The Bertz CT molecular complexity index is 1320. The number of allylic oxidation sites excluding steroid dienone is 1. The van der Waals surface area contributed by atoms with Crippen LogP contribution in [0, 0.1) is 6.92 Å². The number of nitrogens with zero attached hydrogens (tertiary/aromatic N) is 3. The molecule has 0 atom stereocenters. The van der Waals surface area contributed by atoms with E-state index in [-0.39, 0.29) is 12.1 Å². The van der Waals surface area contributed by atoms with Gasteiger partial charge >= 0.3 is 0 Å². The lowest BCUT2D eigenvalue weighted by Crippen LogP contribution is -2.30. The Kier molecular flexibility index (Phi) is 6.14. The van der Waals surface area contributed by atoms with Crippen LogP contribution in [0.3, 0.4) is 0 Å². The number of thiophene rings is 1. The lowest BCUT2D eigenvalue weighted by atomic mass is 10.0. The van der Waals surface area contributed by atoms with Crippen molar-refractivity contribution in [2.24, 2.45) is 5.10 Å². The Morgan fingerprint density at radius 1 is 1.13 bits per heavy atom. The van der Waals surface area contributed by atoms with E-state index in [1.807, 2.05) is 73.7 Å². The number of hydrazone groups is 1. The predicted octanol–water partition coefficient (Wildman–Crippen LogP) is 4.25. The Balaban J connectivity index is 1.50. The van der Waals surface area contributed by atoms with Gasteiger partial charge in [-0.3, -0.25) is 14.2 Å². The van der Waals surface area contributed by atoms with Gasteiger partial charge in [0.05, 0.1) is 11.7 Å². The SMILES string of the molecule is Cc1sc2ncn(CC(=O)NN=CC=Cc3ccccc3)c(=O)c2c1-c1ccccc1. The van der Waals surface area contributed by atoms with Gasteiger partial charge in [0.1, 0.15) is 11.4 Å². The highest BCUT2D eigenvalue weighted by atomic mass is 32.1. The molecule has 1 amide bonds. The number of aromatic nitrogens is 2. The van der Waals surface area contributed by atoms with E-state index in [0.717, 1.165) is 21.6 Å². The van der Waals surface area contributed by atoms with Crippen LogP contribution in [0.4, 0.5) is 0 Å². The Hall–Kier alpha value is -3.84. The second kappa shape index (κ2) is 9.32. The van der Waals surface area contributed by atoms with E-state index in [4.69, 9.17) is 0 Å².